The minimum Gasteiger partial charge on any atom is -0.478 e. The Bertz CT molecular complexity index is 1140. The number of benzene rings is 1. The molecule has 38 heavy (non-hydrogen) atoms. The van der Waals surface area contributed by atoms with Gasteiger partial charge in [0.05, 0.1) is 6.10 Å². The van der Waals surface area contributed by atoms with E-state index in [2.05, 4.69) is 13.8 Å². The van der Waals surface area contributed by atoms with Crippen LogP contribution >= 0.6 is 0 Å². The Morgan fingerprint density at radius 2 is 1.79 bits per heavy atom. The molecule has 8 nitrogen and oxygen atoms in total. The molecular formula is C30H43N3O5. The molecule has 8 heteroatoms. The first-order chi connectivity index (χ1) is 17.8. The highest BCUT2D eigenvalue weighted by atomic mass is 16.5. The fraction of sp³-hybridized carbons (Fsp3) is 0.667. The van der Waals surface area contributed by atoms with Crippen LogP contribution < -0.4 is 17.2 Å². The van der Waals surface area contributed by atoms with Crippen LogP contribution in [0.3, 0.4) is 0 Å². The smallest absolute Gasteiger partial charge is 0.332 e. The predicted octanol–water partition coefficient (Wildman–Crippen LogP) is 2.51. The topological polar surface area (TPSA) is 162 Å². The van der Waals surface area contributed by atoms with E-state index in [0.717, 1.165) is 18.4 Å². The van der Waals surface area contributed by atoms with Gasteiger partial charge in [0.2, 0.25) is 0 Å². The van der Waals surface area contributed by atoms with Gasteiger partial charge in [0, 0.05) is 42.5 Å². The first-order valence-corrected chi connectivity index (χ1v) is 14.0. The first kappa shape index (κ1) is 27.3. The van der Waals surface area contributed by atoms with Gasteiger partial charge in [-0.15, -0.1) is 0 Å². The number of hydrogen-bond donors (Lipinski definition) is 5. The van der Waals surface area contributed by atoms with Gasteiger partial charge in [0.25, 0.3) is 0 Å². The van der Waals surface area contributed by atoms with Gasteiger partial charge in [-0.05, 0) is 72.3 Å². The normalized spacial score (nSPS) is 45.4. The molecule has 0 radical (unpaired) electrons. The average molecular weight is 526 g/mol. The number of hydrogen-bond acceptors (Lipinski definition) is 7. The van der Waals surface area contributed by atoms with Crippen LogP contribution in [0.25, 0.3) is 0 Å². The molecule has 5 rings (SSSR count). The molecule has 4 aliphatic rings. The van der Waals surface area contributed by atoms with Gasteiger partial charge in [-0.25, -0.2) is 4.79 Å². The fourth-order valence-corrected chi connectivity index (χ4v) is 9.36. The summed E-state index contributed by atoms with van der Waals surface area (Å²) in [7, 11) is 0. The van der Waals surface area contributed by atoms with Crippen LogP contribution in [-0.2, 0) is 20.7 Å². The Kier molecular flexibility index (Phi) is 6.78. The lowest BCUT2D eigenvalue weighted by molar-refractivity contribution is -0.158. The second-order valence-corrected chi connectivity index (χ2v) is 12.9. The second kappa shape index (κ2) is 9.44. The van der Waals surface area contributed by atoms with Crippen molar-refractivity contribution in [1.82, 2.24) is 0 Å². The van der Waals surface area contributed by atoms with Crippen molar-refractivity contribution in [3.05, 3.63) is 47.0 Å². The van der Waals surface area contributed by atoms with Crippen LogP contribution in [0.15, 0.2) is 41.5 Å². The van der Waals surface area contributed by atoms with Crippen molar-refractivity contribution < 1.29 is 24.5 Å². The molecule has 8 N–H and O–H groups in total. The molecule has 10 atom stereocenters. The summed E-state index contributed by atoms with van der Waals surface area (Å²) in [6.07, 6.45) is 3.07. The number of carboxylic acids is 1. The zero-order chi connectivity index (χ0) is 27.6. The highest BCUT2D eigenvalue weighted by Gasteiger charge is 2.71. The number of aliphatic carboxylic acids is 1. The number of esters is 1. The summed E-state index contributed by atoms with van der Waals surface area (Å²) in [5, 5.41) is 21.0. The number of carbonyl (C=O) groups excluding carboxylic acids is 1. The lowest BCUT2D eigenvalue weighted by Gasteiger charge is -2.68. The molecule has 0 aromatic heterocycles. The van der Waals surface area contributed by atoms with Gasteiger partial charge in [-0.1, -0.05) is 44.2 Å². The summed E-state index contributed by atoms with van der Waals surface area (Å²) in [6, 6.07) is 8.84. The van der Waals surface area contributed by atoms with Gasteiger partial charge in [-0.2, -0.15) is 0 Å². The van der Waals surface area contributed by atoms with E-state index in [1.807, 2.05) is 30.3 Å². The maximum absolute atomic E-state index is 12.8. The number of carbonyl (C=O) groups is 2. The van der Waals surface area contributed by atoms with Crippen molar-refractivity contribution in [3.63, 3.8) is 0 Å². The number of aliphatic hydroxyl groups excluding tert-OH is 1. The van der Waals surface area contributed by atoms with Gasteiger partial charge < -0.3 is 32.2 Å². The molecule has 0 saturated heterocycles. The van der Waals surface area contributed by atoms with Gasteiger partial charge in [0.1, 0.15) is 6.10 Å². The molecule has 0 heterocycles. The second-order valence-electron chi connectivity index (χ2n) is 12.9. The minimum absolute atomic E-state index is 0.0586. The van der Waals surface area contributed by atoms with E-state index < -0.39 is 35.1 Å². The number of rotatable bonds is 4. The third kappa shape index (κ3) is 3.95. The number of aliphatic hydroxyl groups is 1. The van der Waals surface area contributed by atoms with Gasteiger partial charge >= 0.3 is 11.9 Å². The molecular weight excluding hydrogens is 482 g/mol. The number of carboxylic acid groups (broad SMARTS) is 1. The van der Waals surface area contributed by atoms with E-state index in [4.69, 9.17) is 21.9 Å². The Balaban J connectivity index is 1.63. The van der Waals surface area contributed by atoms with E-state index in [0.29, 0.717) is 31.3 Å². The Morgan fingerprint density at radius 1 is 1.11 bits per heavy atom. The molecule has 4 saturated carbocycles. The van der Waals surface area contributed by atoms with E-state index in [1.165, 1.54) is 6.92 Å². The fourth-order valence-electron chi connectivity index (χ4n) is 9.36. The summed E-state index contributed by atoms with van der Waals surface area (Å²) in [6.45, 7) is 5.76. The molecule has 0 bridgehead atoms. The van der Waals surface area contributed by atoms with Crippen LogP contribution in [0.1, 0.15) is 64.9 Å². The third-order valence-electron chi connectivity index (χ3n) is 11.1. The minimum atomic E-state index is -1.02. The van der Waals surface area contributed by atoms with Crippen LogP contribution in [0, 0.1) is 28.6 Å². The predicted molar refractivity (Wildman–Crippen MR) is 144 cm³/mol. The molecule has 4 fully saturated rings. The maximum Gasteiger partial charge on any atom is 0.332 e. The molecule has 0 unspecified atom stereocenters. The van der Waals surface area contributed by atoms with Crippen LogP contribution in [0.4, 0.5) is 0 Å². The van der Waals surface area contributed by atoms with Crippen LogP contribution in [0.2, 0.25) is 0 Å². The third-order valence-corrected chi connectivity index (χ3v) is 11.1. The number of fused-ring (bicyclic) bond motifs is 5. The molecule has 0 aliphatic heterocycles. The quantitative estimate of drug-likeness (QED) is 0.296. The molecule has 1 aromatic carbocycles. The van der Waals surface area contributed by atoms with Crippen LogP contribution in [-0.4, -0.2) is 52.0 Å². The van der Waals surface area contributed by atoms with E-state index in [9.17, 15) is 19.8 Å². The Hall–Kier alpha value is -2.26. The largest absolute Gasteiger partial charge is 0.478 e. The summed E-state index contributed by atoms with van der Waals surface area (Å²) < 4.78 is 5.86. The molecule has 4 aliphatic carbocycles. The lowest BCUT2D eigenvalue weighted by Crippen LogP contribution is -2.74. The van der Waals surface area contributed by atoms with Crippen molar-refractivity contribution in [1.29, 1.82) is 0 Å². The highest BCUT2D eigenvalue weighted by molar-refractivity contribution is 5.89. The van der Waals surface area contributed by atoms with Crippen molar-refractivity contribution in [2.75, 3.05) is 0 Å². The molecule has 208 valence electrons. The molecule has 0 spiro atoms. The highest BCUT2D eigenvalue weighted by Crippen LogP contribution is 2.69. The monoisotopic (exact) mass is 525 g/mol. The Morgan fingerprint density at radius 3 is 2.42 bits per heavy atom. The van der Waals surface area contributed by atoms with E-state index >= 15 is 0 Å². The molecule has 1 aromatic rings. The van der Waals surface area contributed by atoms with Gasteiger partial charge in [0.15, 0.2) is 0 Å². The first-order valence-electron chi connectivity index (χ1n) is 14.0. The van der Waals surface area contributed by atoms with Crippen molar-refractivity contribution in [2.24, 2.45) is 45.8 Å². The summed E-state index contributed by atoms with van der Waals surface area (Å²) >= 11 is 0. The van der Waals surface area contributed by atoms with Gasteiger partial charge in [-0.3, -0.25) is 4.79 Å². The zero-order valence-electron chi connectivity index (χ0n) is 22.7. The SMILES string of the molecule is CC(=O)O[C@H]1C[C@@]2(C)[C@H](/C1=C(\Cc1ccccc1)C(=O)O)[C@H](N)C[C@H]1[C@@]3(C)CC[C@@H](O)[C@@H](N)[C@@H]3CC[C@@]12N. The summed E-state index contributed by atoms with van der Waals surface area (Å²) in [4.78, 5) is 25.0. The molecule has 0 amide bonds. The van der Waals surface area contributed by atoms with Crippen molar-refractivity contribution in [3.8, 4) is 0 Å². The zero-order valence-corrected chi connectivity index (χ0v) is 22.7. The lowest BCUT2D eigenvalue weighted by atomic mass is 9.39. The van der Waals surface area contributed by atoms with Crippen molar-refractivity contribution in [2.45, 2.75) is 95.5 Å². The Labute approximate surface area is 225 Å². The van der Waals surface area contributed by atoms with E-state index in [1.54, 1.807) is 0 Å². The summed E-state index contributed by atoms with van der Waals surface area (Å²) in [5.74, 6) is -1.59. The average Bonchev–Trinajstić information content (AvgIpc) is 3.15. The van der Waals surface area contributed by atoms with Crippen LogP contribution in [0.5, 0.6) is 0 Å². The van der Waals surface area contributed by atoms with Crippen molar-refractivity contribution >= 4 is 11.9 Å². The summed E-state index contributed by atoms with van der Waals surface area (Å²) in [5.41, 5.74) is 21.5. The number of ether oxygens (including phenoxy) is 1. The van der Waals surface area contributed by atoms with E-state index in [-0.39, 0.29) is 47.2 Å². The maximum atomic E-state index is 12.8. The standard InChI is InChI=1S/C30H43N3O5/c1-16(34)38-22-15-29(3)25(24(22)18(27(36)37)13-17-7-5-4-6-8-17)20(31)14-23-28(2)11-10-21(35)26(32)19(28)9-12-30(23,29)33/h4-8,19-23,25-26,35H,9-15,31-33H2,1-3H3,(H,36,37)/b24-18+/t19-,20+,21+,22-,23-,25-,26-,28-,29-,30+/m0/s1. The number of nitrogens with two attached hydrogens (primary N) is 3.